The van der Waals surface area contributed by atoms with Crippen LogP contribution in [0.2, 0.25) is 0 Å². The molecular formula is C20H25NO8. The Bertz CT molecular complexity index is 715. The number of esters is 1. The van der Waals surface area contributed by atoms with Gasteiger partial charge in [-0.2, -0.15) is 0 Å². The normalized spacial score (nSPS) is 14.6. The second kappa shape index (κ2) is 11.2. The van der Waals surface area contributed by atoms with Gasteiger partial charge in [0.05, 0.1) is 5.92 Å². The Balaban J connectivity index is 1.79. The summed E-state index contributed by atoms with van der Waals surface area (Å²) in [5, 5.41) is 0.418. The Morgan fingerprint density at radius 1 is 1.10 bits per heavy atom. The average Bonchev–Trinajstić information content (AvgIpc) is 3.02. The molecule has 1 atom stereocenters. The van der Waals surface area contributed by atoms with Gasteiger partial charge in [0.25, 0.3) is 11.8 Å². The van der Waals surface area contributed by atoms with Crippen LogP contribution < -0.4 is 4.74 Å². The summed E-state index contributed by atoms with van der Waals surface area (Å²) in [6.07, 6.45) is 1.03. The van der Waals surface area contributed by atoms with Crippen LogP contribution >= 0.6 is 0 Å². The number of hydroxylamine groups is 2. The van der Waals surface area contributed by atoms with Crippen molar-refractivity contribution in [2.75, 3.05) is 13.7 Å². The minimum atomic E-state index is -1.15. The van der Waals surface area contributed by atoms with Gasteiger partial charge in [-0.1, -0.05) is 24.1 Å². The molecule has 0 N–H and O–H groups in total. The number of nitrogens with zero attached hydrogens (tertiary/aromatic N) is 1. The molecule has 1 heterocycles. The van der Waals surface area contributed by atoms with Gasteiger partial charge in [0.1, 0.15) is 12.4 Å². The van der Waals surface area contributed by atoms with Gasteiger partial charge in [0.2, 0.25) is 0 Å². The van der Waals surface area contributed by atoms with E-state index < -0.39 is 18.0 Å². The number of imide groups is 1. The number of carbonyl (C=O) groups excluding carboxylic acids is 4. The van der Waals surface area contributed by atoms with E-state index in [1.54, 1.807) is 31.4 Å². The third-order valence-corrected chi connectivity index (χ3v) is 4.40. The molecule has 0 saturated carbocycles. The lowest BCUT2D eigenvalue weighted by Gasteiger charge is -2.14. The van der Waals surface area contributed by atoms with Crippen LogP contribution in [0, 0.1) is 5.92 Å². The molecule has 0 aliphatic carbocycles. The second-order valence-corrected chi connectivity index (χ2v) is 6.52. The zero-order valence-corrected chi connectivity index (χ0v) is 16.5. The molecule has 2 amide bonds. The highest BCUT2D eigenvalue weighted by Gasteiger charge is 2.33. The highest BCUT2D eigenvalue weighted by molar-refractivity contribution is 6.01. The standard InChI is InChI=1S/C20H25NO8/c1-3-15(5-4-12-26-2)19(24)28-16-8-6-14(7-9-16)13-27-20(25)29-21-17(22)10-11-18(21)23/h6-9,15H,3-5,10-13H2,1-2H3. The topological polar surface area (TPSA) is 108 Å². The Morgan fingerprint density at radius 2 is 1.76 bits per heavy atom. The Kier molecular flexibility index (Phi) is 8.60. The molecule has 0 radical (unpaired) electrons. The minimum absolute atomic E-state index is 0.0115. The van der Waals surface area contributed by atoms with Crippen LogP contribution in [0.5, 0.6) is 5.75 Å². The first kappa shape index (κ1) is 22.4. The van der Waals surface area contributed by atoms with Crippen LogP contribution in [0.25, 0.3) is 0 Å². The fourth-order valence-electron chi connectivity index (χ4n) is 2.72. The van der Waals surface area contributed by atoms with E-state index in [4.69, 9.17) is 14.2 Å². The summed E-state index contributed by atoms with van der Waals surface area (Å²) in [7, 11) is 1.62. The summed E-state index contributed by atoms with van der Waals surface area (Å²) in [5.41, 5.74) is 0.618. The van der Waals surface area contributed by atoms with Gasteiger partial charge in [-0.3, -0.25) is 19.2 Å². The largest absolute Gasteiger partial charge is 0.534 e. The number of benzene rings is 1. The van der Waals surface area contributed by atoms with Crippen LogP contribution in [-0.2, 0) is 35.3 Å². The number of carbonyl (C=O) groups is 4. The average molecular weight is 407 g/mol. The molecule has 1 fully saturated rings. The summed E-state index contributed by atoms with van der Waals surface area (Å²) >= 11 is 0. The highest BCUT2D eigenvalue weighted by atomic mass is 16.8. The molecule has 9 nitrogen and oxygen atoms in total. The van der Waals surface area contributed by atoms with Gasteiger partial charge < -0.3 is 14.2 Å². The van der Waals surface area contributed by atoms with Crippen molar-refractivity contribution in [2.45, 2.75) is 45.6 Å². The Hall–Kier alpha value is -2.94. The molecule has 0 aromatic heterocycles. The molecule has 0 spiro atoms. The van der Waals surface area contributed by atoms with E-state index in [1.807, 2.05) is 6.92 Å². The Labute approximate surface area is 168 Å². The van der Waals surface area contributed by atoms with Crippen molar-refractivity contribution in [1.29, 1.82) is 0 Å². The maximum atomic E-state index is 12.2. The monoisotopic (exact) mass is 407 g/mol. The smallest absolute Gasteiger partial charge is 0.428 e. The van der Waals surface area contributed by atoms with Gasteiger partial charge in [0, 0.05) is 26.6 Å². The van der Waals surface area contributed by atoms with Crippen molar-refractivity contribution >= 4 is 23.9 Å². The fourth-order valence-corrected chi connectivity index (χ4v) is 2.72. The number of ether oxygens (including phenoxy) is 3. The van der Waals surface area contributed by atoms with Crippen LogP contribution in [-0.4, -0.2) is 42.7 Å². The van der Waals surface area contributed by atoms with Gasteiger partial charge in [-0.15, -0.1) is 0 Å². The van der Waals surface area contributed by atoms with Crippen LogP contribution in [0.15, 0.2) is 24.3 Å². The van der Waals surface area contributed by atoms with E-state index >= 15 is 0 Å². The number of amides is 2. The summed E-state index contributed by atoms with van der Waals surface area (Å²) in [4.78, 5) is 51.3. The van der Waals surface area contributed by atoms with E-state index in [2.05, 4.69) is 4.84 Å². The third kappa shape index (κ3) is 6.86. The van der Waals surface area contributed by atoms with Crippen LogP contribution in [0.1, 0.15) is 44.6 Å². The van der Waals surface area contributed by atoms with Gasteiger partial charge >= 0.3 is 12.1 Å². The van der Waals surface area contributed by atoms with Gasteiger partial charge in [-0.05, 0) is 37.0 Å². The van der Waals surface area contributed by atoms with Crippen molar-refractivity contribution in [3.8, 4) is 5.75 Å². The zero-order chi connectivity index (χ0) is 21.2. The van der Waals surface area contributed by atoms with Crippen LogP contribution in [0.3, 0.4) is 0 Å². The predicted octanol–water partition coefficient (Wildman–Crippen LogP) is 2.76. The first-order valence-electron chi connectivity index (χ1n) is 9.44. The molecule has 9 heteroatoms. The molecule has 1 unspecified atom stereocenters. The Morgan fingerprint density at radius 3 is 2.34 bits per heavy atom. The second-order valence-electron chi connectivity index (χ2n) is 6.52. The quantitative estimate of drug-likeness (QED) is 0.252. The van der Waals surface area contributed by atoms with Crippen molar-refractivity contribution in [2.24, 2.45) is 5.92 Å². The third-order valence-electron chi connectivity index (χ3n) is 4.40. The lowest BCUT2D eigenvalue weighted by atomic mass is 10.0. The first-order valence-corrected chi connectivity index (χ1v) is 9.44. The number of hydrogen-bond donors (Lipinski definition) is 0. The summed E-state index contributed by atoms with van der Waals surface area (Å²) in [6.45, 7) is 2.40. The van der Waals surface area contributed by atoms with Crippen molar-refractivity contribution in [1.82, 2.24) is 5.06 Å². The number of hydrogen-bond acceptors (Lipinski definition) is 8. The lowest BCUT2D eigenvalue weighted by Crippen LogP contribution is -2.32. The molecule has 1 aromatic rings. The summed E-state index contributed by atoms with van der Waals surface area (Å²) < 4.78 is 15.3. The molecule has 1 aliphatic rings. The number of methoxy groups -OCH3 is 1. The zero-order valence-electron chi connectivity index (χ0n) is 16.5. The molecule has 29 heavy (non-hydrogen) atoms. The molecule has 0 bridgehead atoms. The fraction of sp³-hybridized carbons (Fsp3) is 0.500. The van der Waals surface area contributed by atoms with E-state index in [-0.39, 0.29) is 31.3 Å². The van der Waals surface area contributed by atoms with Gasteiger partial charge in [-0.25, -0.2) is 4.79 Å². The maximum absolute atomic E-state index is 12.2. The van der Waals surface area contributed by atoms with Crippen molar-refractivity contribution < 1.29 is 38.2 Å². The van der Waals surface area contributed by atoms with E-state index in [0.717, 1.165) is 6.42 Å². The van der Waals surface area contributed by atoms with Crippen molar-refractivity contribution in [3.05, 3.63) is 29.8 Å². The van der Waals surface area contributed by atoms with Crippen molar-refractivity contribution in [3.63, 3.8) is 0 Å². The SMILES string of the molecule is CCC(CCCOC)C(=O)Oc1ccc(COC(=O)ON2C(=O)CCC2=O)cc1. The molecule has 2 rings (SSSR count). The molecule has 158 valence electrons. The van der Waals surface area contributed by atoms with Crippen LogP contribution in [0.4, 0.5) is 4.79 Å². The first-order chi connectivity index (χ1) is 13.9. The summed E-state index contributed by atoms with van der Waals surface area (Å²) in [5.74, 6) is -1.26. The van der Waals surface area contributed by atoms with E-state index in [1.165, 1.54) is 0 Å². The lowest BCUT2D eigenvalue weighted by molar-refractivity contribution is -0.177. The summed E-state index contributed by atoms with van der Waals surface area (Å²) in [6, 6.07) is 6.45. The molecule has 1 saturated heterocycles. The molecule has 1 aromatic carbocycles. The minimum Gasteiger partial charge on any atom is -0.428 e. The predicted molar refractivity (Wildman–Crippen MR) is 99.3 cm³/mol. The maximum Gasteiger partial charge on any atom is 0.534 e. The molecular weight excluding hydrogens is 382 g/mol. The highest BCUT2D eigenvalue weighted by Crippen LogP contribution is 2.19. The van der Waals surface area contributed by atoms with Gasteiger partial charge in [0.15, 0.2) is 0 Å². The van der Waals surface area contributed by atoms with E-state index in [0.29, 0.717) is 35.8 Å². The molecule has 1 aliphatic heterocycles. The number of rotatable bonds is 10. The van der Waals surface area contributed by atoms with E-state index in [9.17, 15) is 19.2 Å².